The summed E-state index contributed by atoms with van der Waals surface area (Å²) < 4.78 is 5.47. The third kappa shape index (κ3) is 10.00. The summed E-state index contributed by atoms with van der Waals surface area (Å²) in [4.78, 5) is 56.0. The first kappa shape index (κ1) is 33.4. The lowest BCUT2D eigenvalue weighted by Crippen LogP contribution is -2.55. The van der Waals surface area contributed by atoms with Crippen molar-refractivity contribution in [3.8, 4) is 0 Å². The first-order valence-corrected chi connectivity index (χ1v) is 15.5. The van der Waals surface area contributed by atoms with Gasteiger partial charge in [-0.2, -0.15) is 0 Å². The smallest absolute Gasteiger partial charge is 0.408 e. The lowest BCUT2D eigenvalue weighted by Gasteiger charge is -2.36. The average Bonchev–Trinajstić information content (AvgIpc) is 3.23. The van der Waals surface area contributed by atoms with E-state index >= 15 is 0 Å². The Bertz CT molecular complexity index is 1050. The van der Waals surface area contributed by atoms with Crippen molar-refractivity contribution in [3.63, 3.8) is 0 Å². The molecule has 1 aromatic carbocycles. The first-order valence-electron chi connectivity index (χ1n) is 15.5. The summed E-state index contributed by atoms with van der Waals surface area (Å²) in [5.74, 6) is -0.755. The molecule has 10 heteroatoms. The van der Waals surface area contributed by atoms with Gasteiger partial charge in [-0.05, 0) is 64.3 Å². The van der Waals surface area contributed by atoms with Crippen molar-refractivity contribution in [2.75, 3.05) is 38.5 Å². The molecule has 1 aromatic rings. The number of likely N-dealkylation sites (N-methyl/N-ethyl adjacent to an activating group) is 1. The molecular formula is C32H51N5O5. The first-order chi connectivity index (χ1) is 19.9. The van der Waals surface area contributed by atoms with Crippen LogP contribution in [0.25, 0.3) is 0 Å². The zero-order chi connectivity index (χ0) is 30.9. The second kappa shape index (κ2) is 15.4. The minimum absolute atomic E-state index is 0.0304. The number of alkyl carbamates (subject to hydrolysis) is 1. The Morgan fingerprint density at radius 3 is 2.07 bits per heavy atom. The number of anilines is 1. The van der Waals surface area contributed by atoms with E-state index in [4.69, 9.17) is 4.74 Å². The molecule has 10 nitrogen and oxygen atoms in total. The van der Waals surface area contributed by atoms with Crippen molar-refractivity contribution >= 4 is 29.5 Å². The van der Waals surface area contributed by atoms with Gasteiger partial charge in [0.1, 0.15) is 17.7 Å². The second-order valence-corrected chi connectivity index (χ2v) is 12.8. The molecule has 3 rings (SSSR count). The molecule has 2 aliphatic rings. The molecule has 0 radical (unpaired) electrons. The highest BCUT2D eigenvalue weighted by atomic mass is 16.6. The summed E-state index contributed by atoms with van der Waals surface area (Å²) in [6.45, 7) is 12.0. The quantitative estimate of drug-likeness (QED) is 0.373. The highest BCUT2D eigenvalue weighted by Gasteiger charge is 2.34. The molecule has 1 heterocycles. The number of hydrogen-bond donors (Lipinski definition) is 3. The molecule has 3 N–H and O–H groups in total. The lowest BCUT2D eigenvalue weighted by molar-refractivity contribution is -0.138. The Morgan fingerprint density at radius 1 is 0.929 bits per heavy atom. The van der Waals surface area contributed by atoms with Gasteiger partial charge in [-0.15, -0.1) is 0 Å². The monoisotopic (exact) mass is 585 g/mol. The van der Waals surface area contributed by atoms with Crippen LogP contribution in [0, 0.1) is 5.92 Å². The molecule has 0 spiro atoms. The third-order valence-electron chi connectivity index (χ3n) is 8.25. The van der Waals surface area contributed by atoms with Crippen LogP contribution in [0.1, 0.15) is 91.0 Å². The van der Waals surface area contributed by atoms with Crippen molar-refractivity contribution in [1.82, 2.24) is 20.4 Å². The number of nitrogens with zero attached hydrogens (tertiary/aromatic N) is 2. The van der Waals surface area contributed by atoms with Crippen molar-refractivity contribution < 1.29 is 23.9 Å². The number of amides is 4. The van der Waals surface area contributed by atoms with Crippen LogP contribution in [0.5, 0.6) is 0 Å². The number of rotatable bonds is 9. The summed E-state index contributed by atoms with van der Waals surface area (Å²) in [6.07, 6.45) is 5.76. The Labute approximate surface area is 251 Å². The fourth-order valence-corrected chi connectivity index (χ4v) is 5.66. The number of benzene rings is 1. The van der Waals surface area contributed by atoms with E-state index in [1.165, 1.54) is 0 Å². The van der Waals surface area contributed by atoms with E-state index in [9.17, 15) is 19.2 Å². The number of hydrogen-bond acceptors (Lipinski definition) is 6. The fraction of sp³-hybridized carbons (Fsp3) is 0.688. The van der Waals surface area contributed by atoms with Crippen LogP contribution in [0.2, 0.25) is 0 Å². The molecule has 0 bridgehead atoms. The summed E-state index contributed by atoms with van der Waals surface area (Å²) in [7, 11) is 2.04. The molecule has 1 saturated heterocycles. The van der Waals surface area contributed by atoms with Gasteiger partial charge in [-0.3, -0.25) is 14.4 Å². The molecule has 0 aromatic heterocycles. The van der Waals surface area contributed by atoms with E-state index in [0.29, 0.717) is 25.2 Å². The Morgan fingerprint density at radius 2 is 1.52 bits per heavy atom. The van der Waals surface area contributed by atoms with Crippen LogP contribution in [0.4, 0.5) is 10.5 Å². The summed E-state index contributed by atoms with van der Waals surface area (Å²) >= 11 is 0. The predicted molar refractivity (Wildman–Crippen MR) is 164 cm³/mol. The maximum Gasteiger partial charge on any atom is 0.408 e. The van der Waals surface area contributed by atoms with Gasteiger partial charge in [0.05, 0.1) is 0 Å². The van der Waals surface area contributed by atoms with Gasteiger partial charge in [-0.1, -0.05) is 51.7 Å². The summed E-state index contributed by atoms with van der Waals surface area (Å²) in [5, 5.41) is 8.78. The second-order valence-electron chi connectivity index (χ2n) is 12.8. The van der Waals surface area contributed by atoms with Crippen LogP contribution >= 0.6 is 0 Å². The molecule has 3 atom stereocenters. The molecule has 4 amide bonds. The normalized spacial score (nSPS) is 19.1. The zero-order valence-corrected chi connectivity index (χ0v) is 26.3. The van der Waals surface area contributed by atoms with E-state index < -0.39 is 23.8 Å². The SMILES string of the molecule is CCC(=O)N[C@@H](C(=O)N1CCN(C)CC1)[C@@H](C)c1ccc(NC(=O)[C@@H](NC(=O)OC(C)(C)C)C2CCCCCC2)cc1. The minimum Gasteiger partial charge on any atom is -0.444 e. The largest absolute Gasteiger partial charge is 0.444 e. The van der Waals surface area contributed by atoms with E-state index in [0.717, 1.165) is 57.2 Å². The molecule has 1 aliphatic carbocycles. The molecule has 1 saturated carbocycles. The Kier molecular flexibility index (Phi) is 12.2. The van der Waals surface area contributed by atoms with Crippen LogP contribution in [-0.2, 0) is 19.1 Å². The van der Waals surface area contributed by atoms with Gasteiger partial charge in [0.15, 0.2) is 0 Å². The highest BCUT2D eigenvalue weighted by molar-refractivity contribution is 5.97. The number of nitrogens with one attached hydrogen (secondary N) is 3. The maximum absolute atomic E-state index is 13.5. The van der Waals surface area contributed by atoms with Crippen LogP contribution in [-0.4, -0.2) is 84.5 Å². The molecule has 234 valence electrons. The minimum atomic E-state index is -0.702. The van der Waals surface area contributed by atoms with Gasteiger partial charge >= 0.3 is 6.09 Å². The van der Waals surface area contributed by atoms with Gasteiger partial charge in [0, 0.05) is 44.2 Å². The third-order valence-corrected chi connectivity index (χ3v) is 8.25. The number of piperazine rings is 1. The van der Waals surface area contributed by atoms with Crippen molar-refractivity contribution in [3.05, 3.63) is 29.8 Å². The van der Waals surface area contributed by atoms with E-state index in [2.05, 4.69) is 20.9 Å². The lowest BCUT2D eigenvalue weighted by atomic mass is 9.90. The van der Waals surface area contributed by atoms with Crippen LogP contribution < -0.4 is 16.0 Å². The summed E-state index contributed by atoms with van der Waals surface area (Å²) in [6, 6.07) is 5.99. The zero-order valence-electron chi connectivity index (χ0n) is 26.3. The summed E-state index contributed by atoms with van der Waals surface area (Å²) in [5.41, 5.74) is 0.811. The van der Waals surface area contributed by atoms with Gasteiger partial charge in [-0.25, -0.2) is 4.79 Å². The molecule has 2 fully saturated rings. The Hall–Kier alpha value is -3.14. The van der Waals surface area contributed by atoms with E-state index in [1.807, 2.05) is 31.0 Å². The highest BCUT2D eigenvalue weighted by Crippen LogP contribution is 2.28. The maximum atomic E-state index is 13.5. The van der Waals surface area contributed by atoms with Crippen LogP contribution in [0.3, 0.4) is 0 Å². The fourth-order valence-electron chi connectivity index (χ4n) is 5.66. The van der Waals surface area contributed by atoms with Crippen molar-refractivity contribution in [2.45, 2.75) is 103 Å². The number of carbonyl (C=O) groups excluding carboxylic acids is 4. The van der Waals surface area contributed by atoms with Gasteiger partial charge in [0.25, 0.3) is 0 Å². The van der Waals surface area contributed by atoms with Crippen molar-refractivity contribution in [1.29, 1.82) is 0 Å². The topological polar surface area (TPSA) is 120 Å². The standard InChI is InChI=1S/C32H51N5O5/c1-7-26(38)34-27(30(40)37-20-18-36(6)19-21-37)22(2)23-14-16-25(17-15-23)33-29(39)28(24-12-10-8-9-11-13-24)35-31(41)42-32(3,4)5/h14-17,22,24,27-28H,7-13,18-21H2,1-6H3,(H,33,39)(H,34,38)(H,35,41)/t22-,27+,28-/m0/s1. The predicted octanol–water partition coefficient (Wildman–Crippen LogP) is 4.26. The van der Waals surface area contributed by atoms with E-state index in [-0.39, 0.29) is 29.6 Å². The van der Waals surface area contributed by atoms with Crippen molar-refractivity contribution in [2.24, 2.45) is 5.92 Å². The average molecular weight is 586 g/mol. The molecular weight excluding hydrogens is 534 g/mol. The molecule has 1 aliphatic heterocycles. The van der Waals surface area contributed by atoms with Gasteiger partial charge in [0.2, 0.25) is 17.7 Å². The molecule has 0 unspecified atom stereocenters. The number of ether oxygens (including phenoxy) is 1. The van der Waals surface area contributed by atoms with E-state index in [1.54, 1.807) is 39.8 Å². The molecule has 42 heavy (non-hydrogen) atoms. The number of carbonyl (C=O) groups is 4. The van der Waals surface area contributed by atoms with Gasteiger partial charge < -0.3 is 30.5 Å². The van der Waals surface area contributed by atoms with Crippen LogP contribution in [0.15, 0.2) is 24.3 Å². The Balaban J connectivity index is 1.73.